The highest BCUT2D eigenvalue weighted by atomic mass is 19.3. The van der Waals surface area contributed by atoms with Crippen LogP contribution in [0.15, 0.2) is 73.1 Å². The van der Waals surface area contributed by atoms with Gasteiger partial charge in [-0.05, 0) is 89.0 Å². The maximum atomic E-state index is 13.9. The van der Waals surface area contributed by atoms with Crippen LogP contribution in [-0.2, 0) is 23.8 Å². The number of halogens is 2. The number of nitrogens with one attached hydrogen (secondary N) is 5. The Balaban J connectivity index is 0.953. The first-order chi connectivity index (χ1) is 31.3. The molecule has 3 aliphatic rings. The average Bonchev–Trinajstić information content (AvgIpc) is 3.88. The lowest BCUT2D eigenvalue weighted by Crippen LogP contribution is -2.51. The van der Waals surface area contributed by atoms with Crippen molar-refractivity contribution in [2.45, 2.75) is 96.0 Å². The van der Waals surface area contributed by atoms with Gasteiger partial charge in [0, 0.05) is 18.5 Å². The maximum Gasteiger partial charge on any atom is 0.407 e. The summed E-state index contributed by atoms with van der Waals surface area (Å²) >= 11 is 0. The van der Waals surface area contributed by atoms with Crippen LogP contribution in [0.1, 0.15) is 88.9 Å². The Hall–Kier alpha value is -6.36. The molecule has 1 saturated heterocycles. The molecule has 4 amide bonds. The third-order valence-electron chi connectivity index (χ3n) is 13.2. The van der Waals surface area contributed by atoms with Crippen LogP contribution in [0.25, 0.3) is 44.4 Å². The second-order valence-corrected chi connectivity index (χ2v) is 17.9. The Morgan fingerprint density at radius 2 is 1.42 bits per heavy atom. The highest BCUT2D eigenvalue weighted by molar-refractivity contribution is 5.91. The molecule has 2 saturated carbocycles. The second-order valence-electron chi connectivity index (χ2n) is 17.9. The number of benzene rings is 3. The van der Waals surface area contributed by atoms with E-state index in [0.717, 1.165) is 82.9 Å². The van der Waals surface area contributed by atoms with Crippen molar-refractivity contribution in [2.24, 2.45) is 17.3 Å². The highest BCUT2D eigenvalue weighted by Gasteiger charge is 2.55. The first-order valence-electron chi connectivity index (χ1n) is 22.3. The summed E-state index contributed by atoms with van der Waals surface area (Å²) in [6.07, 6.45) is 8.69. The van der Waals surface area contributed by atoms with Crippen molar-refractivity contribution in [3.63, 3.8) is 0 Å². The van der Waals surface area contributed by atoms with Crippen LogP contribution in [0.2, 0.25) is 0 Å². The van der Waals surface area contributed by atoms with E-state index in [1.54, 1.807) is 17.3 Å². The molecular weight excluding hydrogens is 839 g/mol. The fourth-order valence-corrected chi connectivity index (χ4v) is 9.40. The van der Waals surface area contributed by atoms with Crippen LogP contribution in [0.3, 0.4) is 0 Å². The predicted molar refractivity (Wildman–Crippen MR) is 238 cm³/mol. The molecule has 8 rings (SSSR count). The van der Waals surface area contributed by atoms with Gasteiger partial charge in [-0.15, -0.1) is 0 Å². The lowest BCUT2D eigenvalue weighted by Gasteiger charge is -2.28. The molecular formula is C48H56F2N8O7. The quantitative estimate of drug-likeness (QED) is 0.0647. The van der Waals surface area contributed by atoms with Crippen molar-refractivity contribution in [1.82, 2.24) is 40.8 Å². The third-order valence-corrected chi connectivity index (χ3v) is 13.2. The van der Waals surface area contributed by atoms with E-state index in [0.29, 0.717) is 24.6 Å². The summed E-state index contributed by atoms with van der Waals surface area (Å²) in [5, 5.41) is 10.5. The molecule has 2 aromatic heterocycles. The summed E-state index contributed by atoms with van der Waals surface area (Å²) in [6.45, 7) is 0.831. The summed E-state index contributed by atoms with van der Waals surface area (Å²) in [7, 11) is 2.45. The van der Waals surface area contributed by atoms with E-state index in [2.05, 4.69) is 85.3 Å². The smallest absolute Gasteiger partial charge is 0.407 e. The van der Waals surface area contributed by atoms with Gasteiger partial charge in [0.1, 0.15) is 23.7 Å². The number of H-pyrrole nitrogens is 2. The minimum absolute atomic E-state index is 0.0318. The normalized spacial score (nSPS) is 18.2. The van der Waals surface area contributed by atoms with E-state index in [1.807, 2.05) is 19.9 Å². The number of rotatable bonds is 16. The van der Waals surface area contributed by atoms with E-state index >= 15 is 0 Å². The number of fused-ring (bicyclic) bond motifs is 1. The summed E-state index contributed by atoms with van der Waals surface area (Å²) in [5.74, 6) is 0.702. The molecule has 3 heterocycles. The lowest BCUT2D eigenvalue weighted by molar-refractivity contribution is -0.141. The molecule has 1 spiro atoms. The van der Waals surface area contributed by atoms with Gasteiger partial charge >= 0.3 is 18.8 Å². The van der Waals surface area contributed by atoms with Gasteiger partial charge in [0.25, 0.3) is 0 Å². The monoisotopic (exact) mass is 894 g/mol. The minimum atomic E-state index is -2.99. The summed E-state index contributed by atoms with van der Waals surface area (Å²) < 4.78 is 39.4. The molecule has 0 unspecified atom stereocenters. The highest BCUT2D eigenvalue weighted by Crippen LogP contribution is 2.58. The van der Waals surface area contributed by atoms with Crippen molar-refractivity contribution >= 4 is 34.8 Å². The number of ether oxygens (including phenoxy) is 3. The summed E-state index contributed by atoms with van der Waals surface area (Å²) in [4.78, 5) is 69.6. The second kappa shape index (κ2) is 19.4. The maximum absolute atomic E-state index is 13.9. The van der Waals surface area contributed by atoms with E-state index in [4.69, 9.17) is 19.4 Å². The first kappa shape index (κ1) is 45.2. The van der Waals surface area contributed by atoms with Gasteiger partial charge in [-0.1, -0.05) is 75.2 Å². The van der Waals surface area contributed by atoms with E-state index in [9.17, 15) is 28.0 Å². The number of methoxy groups -OCH3 is 2. The Morgan fingerprint density at radius 3 is 2.08 bits per heavy atom. The van der Waals surface area contributed by atoms with E-state index in [1.165, 1.54) is 14.2 Å². The van der Waals surface area contributed by atoms with Gasteiger partial charge in [-0.25, -0.2) is 19.6 Å². The number of carbonyl (C=O) groups excluding carboxylic acids is 4. The molecule has 15 nitrogen and oxygen atoms in total. The minimum Gasteiger partial charge on any atom is -0.453 e. The van der Waals surface area contributed by atoms with Crippen LogP contribution in [0, 0.1) is 17.3 Å². The fourth-order valence-electron chi connectivity index (χ4n) is 9.40. The number of hydrogen-bond donors (Lipinski definition) is 5. The molecule has 4 atom stereocenters. The fraction of sp³-hybridized carbons (Fsp3) is 0.458. The number of amides is 4. The molecule has 344 valence electrons. The Labute approximate surface area is 375 Å². The Bertz CT molecular complexity index is 2500. The third kappa shape index (κ3) is 10.3. The van der Waals surface area contributed by atoms with Crippen molar-refractivity contribution < 1.29 is 42.2 Å². The largest absolute Gasteiger partial charge is 0.453 e. The van der Waals surface area contributed by atoms with Gasteiger partial charge in [0.15, 0.2) is 0 Å². The van der Waals surface area contributed by atoms with Crippen LogP contribution < -0.4 is 16.0 Å². The van der Waals surface area contributed by atoms with Crippen molar-refractivity contribution in [2.75, 3.05) is 27.4 Å². The lowest BCUT2D eigenvalue weighted by atomic mass is 9.96. The molecule has 0 radical (unpaired) electrons. The number of alkyl halides is 2. The molecule has 17 heteroatoms. The standard InChI is InChI=1S/C48H56F2N8O7/c1-27(2)39(57-47(62)64-4)43(59)56-40(30-7-5-6-8-30)42-52-24-36(54-42)29-11-9-28(10-12-29)31-13-14-33-22-34(16-15-32(33)21-31)37-25-51-41(53-37)38-23-48(18-19-48)26-58(38)44(60)35(55-46(61)63-3)17-20-65-45(49)50/h9-16,21-22,24-25,27,30,35,38-40,45H,5-8,17-20,23,26H2,1-4H3,(H,51,53)(H,52,54)(H,55,61)(H,56,59)(H,57,62)/t35-,38-,39-,40-/m0/s1. The molecule has 5 aromatic rings. The van der Waals surface area contributed by atoms with Gasteiger partial charge in [0.05, 0.1) is 56.7 Å². The number of aromatic amines is 2. The zero-order valence-electron chi connectivity index (χ0n) is 37.0. The van der Waals surface area contributed by atoms with Crippen LogP contribution >= 0.6 is 0 Å². The molecule has 3 fully saturated rings. The number of aromatic nitrogens is 4. The zero-order valence-corrected chi connectivity index (χ0v) is 37.0. The van der Waals surface area contributed by atoms with Crippen LogP contribution in [0.4, 0.5) is 18.4 Å². The van der Waals surface area contributed by atoms with Crippen molar-refractivity contribution in [3.8, 4) is 33.6 Å². The number of imidazole rings is 2. The van der Waals surface area contributed by atoms with E-state index in [-0.39, 0.29) is 41.7 Å². The molecule has 65 heavy (non-hydrogen) atoms. The molecule has 0 bridgehead atoms. The molecule has 2 aliphatic carbocycles. The summed E-state index contributed by atoms with van der Waals surface area (Å²) in [6, 6.07) is 18.2. The Morgan fingerprint density at radius 1 is 0.800 bits per heavy atom. The number of hydrogen-bond acceptors (Lipinski definition) is 9. The predicted octanol–water partition coefficient (Wildman–Crippen LogP) is 8.42. The van der Waals surface area contributed by atoms with Gasteiger partial charge in [0.2, 0.25) is 11.8 Å². The Kier molecular flexibility index (Phi) is 13.5. The van der Waals surface area contributed by atoms with Crippen LogP contribution in [-0.4, -0.2) is 94.9 Å². The number of nitrogens with zero attached hydrogens (tertiary/aromatic N) is 3. The SMILES string of the molecule is COC(=O)N[C@@H](CCOC(F)F)C(=O)N1CC2(CC2)C[C@H]1c1ncc(-c2ccc3cc(-c4ccc(-c5cnc([C@@H](NC(=O)[C@@H](NC(=O)OC)C(C)C)C6CCCC6)[nH]5)cc4)ccc3c2)[nH]1. The van der Waals surface area contributed by atoms with E-state index < -0.39 is 43.4 Å². The van der Waals surface area contributed by atoms with Crippen LogP contribution in [0.5, 0.6) is 0 Å². The number of carbonyl (C=O) groups is 4. The molecule has 3 aromatic carbocycles. The van der Waals surface area contributed by atoms with Crippen molar-refractivity contribution in [3.05, 3.63) is 84.7 Å². The van der Waals surface area contributed by atoms with Crippen molar-refractivity contribution in [1.29, 1.82) is 0 Å². The number of alkyl carbamates (subject to hydrolysis) is 2. The molecule has 5 N–H and O–H groups in total. The first-order valence-corrected chi connectivity index (χ1v) is 22.3. The molecule has 1 aliphatic heterocycles. The summed E-state index contributed by atoms with van der Waals surface area (Å²) in [5.41, 5.74) is 5.56. The zero-order chi connectivity index (χ0) is 45.8. The van der Waals surface area contributed by atoms with Gasteiger partial charge in [-0.3, -0.25) is 9.59 Å². The number of likely N-dealkylation sites (tertiary alicyclic amines) is 1. The van der Waals surface area contributed by atoms with Gasteiger partial charge in [-0.2, -0.15) is 8.78 Å². The average molecular weight is 895 g/mol. The topological polar surface area (TPSA) is 193 Å². The van der Waals surface area contributed by atoms with Gasteiger partial charge < -0.3 is 45.0 Å².